The lowest BCUT2D eigenvalue weighted by Gasteiger charge is -2.34. The number of nitrogens with zero attached hydrogens (tertiary/aromatic N) is 1. The number of methoxy groups -OCH3 is 5. The number of hydrogen-bond donors (Lipinski definition) is 1. The molecule has 0 fully saturated rings. The van der Waals surface area contributed by atoms with Crippen molar-refractivity contribution < 1.29 is 28.8 Å². The number of benzene rings is 2. The van der Waals surface area contributed by atoms with Gasteiger partial charge in [0.1, 0.15) is 5.60 Å². The van der Waals surface area contributed by atoms with Crippen molar-refractivity contribution in [3.8, 4) is 28.7 Å². The Morgan fingerprint density at radius 1 is 0.897 bits per heavy atom. The molecule has 1 N–H and O–H groups in total. The molecule has 0 unspecified atom stereocenters. The largest absolute Gasteiger partial charge is 0.504 e. The van der Waals surface area contributed by atoms with Gasteiger partial charge in [0.2, 0.25) is 5.75 Å². The molecule has 0 bridgehead atoms. The van der Waals surface area contributed by atoms with Crippen molar-refractivity contribution in [1.29, 1.82) is 0 Å². The first-order valence-electron chi connectivity index (χ1n) is 9.24. The lowest BCUT2D eigenvalue weighted by atomic mass is 9.82. The fourth-order valence-electron chi connectivity index (χ4n) is 3.76. The number of fused-ring (bicyclic) bond motifs is 1. The van der Waals surface area contributed by atoms with E-state index in [4.69, 9.17) is 28.7 Å². The Hall–Kier alpha value is -2.93. The maximum Gasteiger partial charge on any atom is 0.203 e. The Bertz CT molecular complexity index is 939. The Labute approximate surface area is 170 Å². The van der Waals surface area contributed by atoms with Gasteiger partial charge in [0, 0.05) is 24.8 Å². The monoisotopic (exact) mass is 401 g/mol. The van der Waals surface area contributed by atoms with Crippen molar-refractivity contribution in [2.24, 2.45) is 4.99 Å². The molecule has 7 nitrogen and oxygen atoms in total. The van der Waals surface area contributed by atoms with Crippen molar-refractivity contribution in [3.05, 3.63) is 41.0 Å². The summed E-state index contributed by atoms with van der Waals surface area (Å²) >= 11 is 0. The molecule has 0 saturated heterocycles. The number of aromatic hydroxyl groups is 1. The molecule has 1 atom stereocenters. The summed E-state index contributed by atoms with van der Waals surface area (Å²) < 4.78 is 27.5. The standard InChI is InChI=1S/C22H27NO6/c1-22(29-6,15-7-8-16(25-2)20(28-5)19(15)24)21-14-12-18(27-4)17(26-3)11-13(14)9-10-23-21/h7-8,11-12,24H,9-10H2,1-6H3/t22-/m1/s1. The summed E-state index contributed by atoms with van der Waals surface area (Å²) in [5, 5.41) is 10.9. The van der Waals surface area contributed by atoms with Crippen LogP contribution >= 0.6 is 0 Å². The van der Waals surface area contributed by atoms with Gasteiger partial charge in [-0.05, 0) is 43.2 Å². The zero-order valence-electron chi connectivity index (χ0n) is 17.7. The number of ether oxygens (including phenoxy) is 5. The van der Waals surface area contributed by atoms with Gasteiger partial charge >= 0.3 is 0 Å². The van der Waals surface area contributed by atoms with Gasteiger partial charge in [-0.1, -0.05) is 0 Å². The minimum atomic E-state index is -1.03. The van der Waals surface area contributed by atoms with E-state index in [2.05, 4.69) is 0 Å². The van der Waals surface area contributed by atoms with Crippen LogP contribution in [0.25, 0.3) is 0 Å². The Morgan fingerprint density at radius 3 is 2.14 bits per heavy atom. The molecule has 2 aromatic carbocycles. The number of aliphatic imine (C=N–C) groups is 1. The first-order valence-corrected chi connectivity index (χ1v) is 9.24. The van der Waals surface area contributed by atoms with Crippen LogP contribution in [0.3, 0.4) is 0 Å². The third-order valence-electron chi connectivity index (χ3n) is 5.41. The smallest absolute Gasteiger partial charge is 0.203 e. The molecule has 29 heavy (non-hydrogen) atoms. The first kappa shape index (κ1) is 20.8. The maximum atomic E-state index is 10.9. The van der Waals surface area contributed by atoms with Crippen molar-refractivity contribution in [2.45, 2.75) is 18.9 Å². The van der Waals surface area contributed by atoms with Crippen molar-refractivity contribution in [1.82, 2.24) is 0 Å². The molecule has 2 aromatic rings. The van der Waals surface area contributed by atoms with Gasteiger partial charge in [0.05, 0.1) is 34.2 Å². The first-order chi connectivity index (χ1) is 13.9. The predicted molar refractivity (Wildman–Crippen MR) is 110 cm³/mol. The van der Waals surface area contributed by atoms with E-state index in [1.807, 2.05) is 19.1 Å². The molecule has 156 valence electrons. The van der Waals surface area contributed by atoms with Crippen LogP contribution in [-0.4, -0.2) is 52.9 Å². The van der Waals surface area contributed by atoms with Gasteiger partial charge < -0.3 is 28.8 Å². The molecule has 1 aliphatic heterocycles. The van der Waals surface area contributed by atoms with E-state index in [0.717, 1.165) is 17.5 Å². The minimum absolute atomic E-state index is 0.0495. The van der Waals surface area contributed by atoms with E-state index in [0.29, 0.717) is 35.1 Å². The van der Waals surface area contributed by atoms with Crippen LogP contribution in [0, 0.1) is 0 Å². The number of rotatable bonds is 7. The molecule has 0 aliphatic carbocycles. The lowest BCUT2D eigenvalue weighted by Crippen LogP contribution is -2.38. The molecular weight excluding hydrogens is 374 g/mol. The van der Waals surface area contributed by atoms with E-state index >= 15 is 0 Å². The van der Waals surface area contributed by atoms with Gasteiger partial charge in [-0.2, -0.15) is 0 Å². The van der Waals surface area contributed by atoms with Gasteiger partial charge in [-0.25, -0.2) is 0 Å². The average molecular weight is 401 g/mol. The molecule has 0 spiro atoms. The molecule has 1 aliphatic rings. The SMILES string of the molecule is COc1cc2c(cc1OC)C([C@](C)(OC)c1ccc(OC)c(OC)c1O)=NCC2. The third-order valence-corrected chi connectivity index (χ3v) is 5.41. The van der Waals surface area contributed by atoms with E-state index in [1.54, 1.807) is 33.5 Å². The summed E-state index contributed by atoms with van der Waals surface area (Å²) in [5.41, 5.74) is 2.17. The van der Waals surface area contributed by atoms with Crippen LogP contribution in [0.15, 0.2) is 29.3 Å². The fraction of sp³-hybridized carbons (Fsp3) is 0.409. The fourth-order valence-corrected chi connectivity index (χ4v) is 3.76. The van der Waals surface area contributed by atoms with E-state index in [1.165, 1.54) is 14.2 Å². The van der Waals surface area contributed by atoms with Crippen LogP contribution < -0.4 is 18.9 Å². The zero-order valence-corrected chi connectivity index (χ0v) is 17.7. The van der Waals surface area contributed by atoms with Crippen LogP contribution in [0.2, 0.25) is 0 Å². The third kappa shape index (κ3) is 3.35. The number of phenolic OH excluding ortho intramolecular Hbond substituents is 1. The molecule has 0 aromatic heterocycles. The summed E-state index contributed by atoms with van der Waals surface area (Å²) in [4.78, 5) is 4.77. The minimum Gasteiger partial charge on any atom is -0.504 e. The van der Waals surface area contributed by atoms with Gasteiger partial charge in [0.25, 0.3) is 0 Å². The van der Waals surface area contributed by atoms with Crippen molar-refractivity contribution in [2.75, 3.05) is 42.1 Å². The van der Waals surface area contributed by atoms with Crippen molar-refractivity contribution >= 4 is 5.71 Å². The zero-order chi connectivity index (χ0) is 21.2. The Kier molecular flexibility index (Phi) is 5.88. The molecule has 0 saturated carbocycles. The molecule has 3 rings (SSSR count). The molecular formula is C22H27NO6. The Balaban J connectivity index is 2.20. The molecule has 0 radical (unpaired) electrons. The second-order valence-corrected chi connectivity index (χ2v) is 6.78. The second-order valence-electron chi connectivity index (χ2n) is 6.78. The van der Waals surface area contributed by atoms with Gasteiger partial charge in [-0.3, -0.25) is 4.99 Å². The average Bonchev–Trinajstić information content (AvgIpc) is 2.76. The summed E-state index contributed by atoms with van der Waals surface area (Å²) in [5.74, 6) is 1.91. The number of hydrogen-bond acceptors (Lipinski definition) is 7. The summed E-state index contributed by atoms with van der Waals surface area (Å²) in [7, 11) is 7.81. The van der Waals surface area contributed by atoms with Gasteiger partial charge in [-0.15, -0.1) is 0 Å². The van der Waals surface area contributed by atoms with Gasteiger partial charge in [0.15, 0.2) is 23.0 Å². The summed E-state index contributed by atoms with van der Waals surface area (Å²) in [6.07, 6.45) is 0.775. The molecule has 7 heteroatoms. The van der Waals surface area contributed by atoms with Crippen LogP contribution in [0.1, 0.15) is 23.6 Å². The second kappa shape index (κ2) is 8.21. The normalized spacial score (nSPS) is 15.0. The van der Waals surface area contributed by atoms with E-state index in [-0.39, 0.29) is 11.5 Å². The Morgan fingerprint density at radius 2 is 1.55 bits per heavy atom. The van der Waals surface area contributed by atoms with Crippen LogP contribution in [-0.2, 0) is 16.8 Å². The molecule has 0 amide bonds. The topological polar surface area (TPSA) is 78.7 Å². The highest BCUT2D eigenvalue weighted by atomic mass is 16.5. The van der Waals surface area contributed by atoms with Crippen LogP contribution in [0.5, 0.6) is 28.7 Å². The molecule has 1 heterocycles. The van der Waals surface area contributed by atoms with Crippen molar-refractivity contribution in [3.63, 3.8) is 0 Å². The highest BCUT2D eigenvalue weighted by Crippen LogP contribution is 2.46. The summed E-state index contributed by atoms with van der Waals surface area (Å²) in [6, 6.07) is 7.37. The highest BCUT2D eigenvalue weighted by Gasteiger charge is 2.40. The predicted octanol–water partition coefficient (Wildman–Crippen LogP) is 3.33. The highest BCUT2D eigenvalue weighted by molar-refractivity contribution is 6.09. The number of phenols is 1. The van der Waals surface area contributed by atoms with E-state index in [9.17, 15) is 5.11 Å². The lowest BCUT2D eigenvalue weighted by molar-refractivity contribution is 0.0618. The maximum absolute atomic E-state index is 10.9. The van der Waals surface area contributed by atoms with Crippen LogP contribution in [0.4, 0.5) is 0 Å². The van der Waals surface area contributed by atoms with E-state index < -0.39 is 5.60 Å². The quantitative estimate of drug-likeness (QED) is 0.767. The summed E-state index contributed by atoms with van der Waals surface area (Å²) in [6.45, 7) is 2.48.